The van der Waals surface area contributed by atoms with Gasteiger partial charge in [-0.15, -0.1) is 10.2 Å². The molecule has 23 heavy (non-hydrogen) atoms. The molecule has 3 aromatic rings. The molecule has 2 N–H and O–H groups in total. The summed E-state index contributed by atoms with van der Waals surface area (Å²) in [6.07, 6.45) is 3.54. The first-order valence-electron chi connectivity index (χ1n) is 7.44. The lowest BCUT2D eigenvalue weighted by molar-refractivity contribution is 0.476. The van der Waals surface area contributed by atoms with E-state index in [2.05, 4.69) is 25.5 Å². The highest BCUT2D eigenvalue weighted by Gasteiger charge is 2.17. The van der Waals surface area contributed by atoms with Crippen molar-refractivity contribution in [3.63, 3.8) is 0 Å². The van der Waals surface area contributed by atoms with Gasteiger partial charge >= 0.3 is 0 Å². The highest BCUT2D eigenvalue weighted by molar-refractivity contribution is 7.18. The first-order chi connectivity index (χ1) is 11.3. The van der Waals surface area contributed by atoms with Gasteiger partial charge in [-0.3, -0.25) is 0 Å². The quantitative estimate of drug-likeness (QED) is 0.759. The average molecular weight is 328 g/mol. The maximum absolute atomic E-state index is 10.3. The molecule has 1 aliphatic rings. The van der Waals surface area contributed by atoms with E-state index in [1.807, 2.05) is 24.4 Å². The molecule has 0 spiro atoms. The summed E-state index contributed by atoms with van der Waals surface area (Å²) in [4.78, 5) is 2.22. The molecule has 118 valence electrons. The molecule has 0 unspecified atom stereocenters. The molecule has 7 nitrogen and oxygen atoms in total. The summed E-state index contributed by atoms with van der Waals surface area (Å²) in [7, 11) is 0. The standard InChI is InChI=1S/C15H16N6OS/c22-13-10-11(21-7-1-4-17-21)2-3-12(13)14-18-19-15(23-14)20-8-5-16-6-9-20/h1-4,7,10,16,22H,5-6,8-9H2. The number of hydrogen-bond donors (Lipinski definition) is 2. The fourth-order valence-electron chi connectivity index (χ4n) is 2.57. The van der Waals surface area contributed by atoms with Crippen LogP contribution in [0.2, 0.25) is 0 Å². The summed E-state index contributed by atoms with van der Waals surface area (Å²) < 4.78 is 1.70. The Hall–Kier alpha value is -2.45. The molecule has 8 heteroatoms. The van der Waals surface area contributed by atoms with Crippen LogP contribution >= 0.6 is 11.3 Å². The zero-order chi connectivity index (χ0) is 15.6. The van der Waals surface area contributed by atoms with Crippen LogP contribution in [-0.4, -0.2) is 51.3 Å². The highest BCUT2D eigenvalue weighted by Crippen LogP contribution is 2.35. The van der Waals surface area contributed by atoms with Gasteiger partial charge in [-0.1, -0.05) is 11.3 Å². The van der Waals surface area contributed by atoms with E-state index in [0.29, 0.717) is 5.56 Å². The molecule has 0 radical (unpaired) electrons. The molecule has 1 fully saturated rings. The van der Waals surface area contributed by atoms with Gasteiger partial charge < -0.3 is 15.3 Å². The topological polar surface area (TPSA) is 79.1 Å². The van der Waals surface area contributed by atoms with Gasteiger partial charge in [0.1, 0.15) is 5.75 Å². The lowest BCUT2D eigenvalue weighted by Crippen LogP contribution is -2.43. The molecule has 1 aromatic carbocycles. The number of aromatic hydroxyl groups is 1. The molecule has 1 saturated heterocycles. The summed E-state index contributed by atoms with van der Waals surface area (Å²) in [5.74, 6) is 0.181. The van der Waals surface area contributed by atoms with Crippen LogP contribution in [0.4, 0.5) is 5.13 Å². The molecule has 0 bridgehead atoms. The third-order valence-electron chi connectivity index (χ3n) is 3.78. The molecular formula is C15H16N6OS. The molecule has 0 aliphatic carbocycles. The second-order valence-corrected chi connectivity index (χ2v) is 6.23. The highest BCUT2D eigenvalue weighted by atomic mass is 32.1. The number of rotatable bonds is 3. The Bertz CT molecular complexity index is 794. The van der Waals surface area contributed by atoms with E-state index in [0.717, 1.165) is 42.0 Å². The number of aromatic nitrogens is 4. The second-order valence-electron chi connectivity index (χ2n) is 5.28. The first-order valence-corrected chi connectivity index (χ1v) is 8.25. The van der Waals surface area contributed by atoms with Gasteiger partial charge in [-0.2, -0.15) is 5.10 Å². The van der Waals surface area contributed by atoms with Gasteiger partial charge in [-0.05, 0) is 18.2 Å². The van der Waals surface area contributed by atoms with E-state index in [-0.39, 0.29) is 5.75 Å². The van der Waals surface area contributed by atoms with E-state index in [9.17, 15) is 5.11 Å². The largest absolute Gasteiger partial charge is 0.507 e. The number of benzene rings is 1. The predicted molar refractivity (Wildman–Crippen MR) is 89.2 cm³/mol. The molecular weight excluding hydrogens is 312 g/mol. The van der Waals surface area contributed by atoms with Gasteiger partial charge in [0.05, 0.1) is 11.3 Å². The summed E-state index contributed by atoms with van der Waals surface area (Å²) in [6, 6.07) is 7.30. The fraction of sp³-hybridized carbons (Fsp3) is 0.267. The zero-order valence-corrected chi connectivity index (χ0v) is 13.2. The van der Waals surface area contributed by atoms with E-state index < -0.39 is 0 Å². The Morgan fingerprint density at radius 2 is 2.04 bits per heavy atom. The minimum absolute atomic E-state index is 0.181. The molecule has 1 aliphatic heterocycles. The Kier molecular flexibility index (Phi) is 3.68. The van der Waals surface area contributed by atoms with Crippen LogP contribution in [-0.2, 0) is 0 Å². The number of piperazine rings is 1. The summed E-state index contributed by atoms with van der Waals surface area (Å²) >= 11 is 1.50. The number of hydrogen-bond acceptors (Lipinski definition) is 7. The minimum Gasteiger partial charge on any atom is -0.507 e. The van der Waals surface area contributed by atoms with Crippen molar-refractivity contribution < 1.29 is 5.11 Å². The van der Waals surface area contributed by atoms with Gasteiger partial charge in [0.25, 0.3) is 0 Å². The SMILES string of the molecule is Oc1cc(-n2cccn2)ccc1-c1nnc(N2CCNCC2)s1. The van der Waals surface area contributed by atoms with Gasteiger partial charge in [0.15, 0.2) is 5.01 Å². The van der Waals surface area contributed by atoms with Crippen molar-refractivity contribution in [3.8, 4) is 22.0 Å². The average Bonchev–Trinajstić information content (AvgIpc) is 3.27. The molecule has 3 heterocycles. The Morgan fingerprint density at radius 1 is 1.17 bits per heavy atom. The maximum Gasteiger partial charge on any atom is 0.208 e. The van der Waals surface area contributed by atoms with Crippen molar-refractivity contribution in [2.24, 2.45) is 0 Å². The van der Waals surface area contributed by atoms with E-state index >= 15 is 0 Å². The van der Waals surface area contributed by atoms with Crippen molar-refractivity contribution in [2.45, 2.75) is 0 Å². The smallest absolute Gasteiger partial charge is 0.208 e. The van der Waals surface area contributed by atoms with Crippen molar-refractivity contribution in [1.82, 2.24) is 25.3 Å². The Balaban J connectivity index is 1.62. The molecule has 0 atom stereocenters. The summed E-state index contributed by atoms with van der Waals surface area (Å²) in [6.45, 7) is 3.77. The number of nitrogens with one attached hydrogen (secondary N) is 1. The van der Waals surface area contributed by atoms with Gasteiger partial charge in [0, 0.05) is 44.6 Å². The van der Waals surface area contributed by atoms with Crippen molar-refractivity contribution in [1.29, 1.82) is 0 Å². The third kappa shape index (κ3) is 2.78. The van der Waals surface area contributed by atoms with Crippen molar-refractivity contribution >= 4 is 16.5 Å². The van der Waals surface area contributed by atoms with Crippen LogP contribution in [0.15, 0.2) is 36.7 Å². The van der Waals surface area contributed by atoms with Crippen LogP contribution < -0.4 is 10.2 Å². The molecule has 0 saturated carbocycles. The van der Waals surface area contributed by atoms with E-state index in [1.54, 1.807) is 16.9 Å². The first kappa shape index (κ1) is 14.2. The Labute approximate surface area is 137 Å². The van der Waals surface area contributed by atoms with Crippen molar-refractivity contribution in [3.05, 3.63) is 36.7 Å². The lowest BCUT2D eigenvalue weighted by Gasteiger charge is -2.26. The Morgan fingerprint density at radius 3 is 2.78 bits per heavy atom. The van der Waals surface area contributed by atoms with Gasteiger partial charge in [-0.25, -0.2) is 4.68 Å². The normalized spacial score (nSPS) is 15.0. The monoisotopic (exact) mass is 328 g/mol. The van der Waals surface area contributed by atoms with Crippen LogP contribution in [0.1, 0.15) is 0 Å². The van der Waals surface area contributed by atoms with Crippen LogP contribution in [0.3, 0.4) is 0 Å². The molecule has 2 aromatic heterocycles. The molecule has 0 amide bonds. The third-order valence-corrected chi connectivity index (χ3v) is 4.80. The second kappa shape index (κ2) is 5.98. The predicted octanol–water partition coefficient (Wildman–Crippen LogP) is 1.51. The lowest BCUT2D eigenvalue weighted by atomic mass is 10.2. The van der Waals surface area contributed by atoms with Crippen LogP contribution in [0.5, 0.6) is 5.75 Å². The molecule has 4 rings (SSSR count). The number of phenols is 1. The van der Waals surface area contributed by atoms with Crippen molar-refractivity contribution in [2.75, 3.05) is 31.1 Å². The number of nitrogens with zero attached hydrogens (tertiary/aromatic N) is 5. The fourth-order valence-corrected chi connectivity index (χ4v) is 3.50. The van der Waals surface area contributed by atoms with Crippen LogP contribution in [0.25, 0.3) is 16.3 Å². The van der Waals surface area contributed by atoms with Gasteiger partial charge in [0.2, 0.25) is 5.13 Å². The number of anilines is 1. The zero-order valence-electron chi connectivity index (χ0n) is 12.4. The van der Waals surface area contributed by atoms with Crippen LogP contribution in [0, 0.1) is 0 Å². The maximum atomic E-state index is 10.3. The van der Waals surface area contributed by atoms with E-state index in [1.165, 1.54) is 11.3 Å². The summed E-state index contributed by atoms with van der Waals surface area (Å²) in [5.41, 5.74) is 1.50. The van der Waals surface area contributed by atoms with E-state index in [4.69, 9.17) is 0 Å². The number of phenolic OH excluding ortho intramolecular Hbond substituents is 1. The summed E-state index contributed by atoms with van der Waals surface area (Å²) in [5, 5.41) is 28.0. The minimum atomic E-state index is 0.181.